The second-order valence-corrected chi connectivity index (χ2v) is 6.37. The van der Waals surface area contributed by atoms with Crippen molar-refractivity contribution in [3.63, 3.8) is 0 Å². The lowest BCUT2D eigenvalue weighted by atomic mass is 10.3. The van der Waals surface area contributed by atoms with Crippen LogP contribution in [0.1, 0.15) is 5.76 Å². The van der Waals surface area contributed by atoms with Crippen LogP contribution in [0, 0.1) is 0 Å². The molecule has 8 heteroatoms. The molecule has 1 aromatic carbocycles. The highest BCUT2D eigenvalue weighted by atomic mass is 35.5. The van der Waals surface area contributed by atoms with Gasteiger partial charge in [0.05, 0.1) is 23.6 Å². The zero-order chi connectivity index (χ0) is 14.8. The molecular formula is C12H11Cl2NO4S. The van der Waals surface area contributed by atoms with Crippen molar-refractivity contribution in [2.45, 2.75) is 11.4 Å². The zero-order valence-corrected chi connectivity index (χ0v) is 12.7. The molecule has 0 unspecified atom stereocenters. The zero-order valence-electron chi connectivity index (χ0n) is 10.4. The first kappa shape index (κ1) is 15.2. The summed E-state index contributed by atoms with van der Waals surface area (Å²) in [7, 11) is -2.24. The monoisotopic (exact) mass is 335 g/mol. The van der Waals surface area contributed by atoms with Crippen LogP contribution in [-0.2, 0) is 16.6 Å². The van der Waals surface area contributed by atoms with E-state index in [1.54, 1.807) is 6.07 Å². The van der Waals surface area contributed by atoms with Gasteiger partial charge in [0.15, 0.2) is 5.22 Å². The number of rotatable bonds is 5. The molecule has 0 amide bonds. The van der Waals surface area contributed by atoms with Crippen LogP contribution < -0.4 is 9.46 Å². The van der Waals surface area contributed by atoms with Gasteiger partial charge < -0.3 is 9.15 Å². The summed E-state index contributed by atoms with van der Waals surface area (Å²) in [6.07, 6.45) is 0. The van der Waals surface area contributed by atoms with Crippen molar-refractivity contribution >= 4 is 33.2 Å². The van der Waals surface area contributed by atoms with Crippen LogP contribution in [0.15, 0.2) is 39.6 Å². The van der Waals surface area contributed by atoms with Gasteiger partial charge in [0.25, 0.3) is 0 Å². The molecule has 20 heavy (non-hydrogen) atoms. The molecular weight excluding hydrogens is 325 g/mol. The van der Waals surface area contributed by atoms with Crippen LogP contribution in [0.25, 0.3) is 0 Å². The quantitative estimate of drug-likeness (QED) is 0.911. The van der Waals surface area contributed by atoms with Crippen LogP contribution in [0.2, 0.25) is 10.2 Å². The van der Waals surface area contributed by atoms with E-state index in [-0.39, 0.29) is 21.7 Å². The molecule has 0 aliphatic heterocycles. The summed E-state index contributed by atoms with van der Waals surface area (Å²) in [6, 6.07) is 7.34. The first-order chi connectivity index (χ1) is 9.42. The maximum atomic E-state index is 12.1. The number of hydrogen-bond donors (Lipinski definition) is 1. The third-order valence-corrected chi connectivity index (χ3v) is 4.40. The van der Waals surface area contributed by atoms with Crippen molar-refractivity contribution in [3.8, 4) is 5.75 Å². The van der Waals surface area contributed by atoms with Crippen molar-refractivity contribution < 1.29 is 17.6 Å². The number of hydrogen-bond acceptors (Lipinski definition) is 4. The van der Waals surface area contributed by atoms with E-state index in [4.69, 9.17) is 32.4 Å². The molecule has 1 N–H and O–H groups in total. The van der Waals surface area contributed by atoms with Crippen LogP contribution in [0.4, 0.5) is 0 Å². The Morgan fingerprint density at radius 1 is 1.25 bits per heavy atom. The smallest absolute Gasteiger partial charge is 0.241 e. The van der Waals surface area contributed by atoms with Gasteiger partial charge in [-0.25, -0.2) is 13.1 Å². The van der Waals surface area contributed by atoms with E-state index in [1.165, 1.54) is 31.4 Å². The van der Waals surface area contributed by atoms with Crippen LogP contribution in [-0.4, -0.2) is 15.5 Å². The Morgan fingerprint density at radius 2 is 2.00 bits per heavy atom. The molecule has 2 rings (SSSR count). The van der Waals surface area contributed by atoms with Crippen LogP contribution in [0.5, 0.6) is 5.75 Å². The van der Waals surface area contributed by atoms with Gasteiger partial charge >= 0.3 is 0 Å². The average Bonchev–Trinajstić information content (AvgIpc) is 2.82. The van der Waals surface area contributed by atoms with Gasteiger partial charge in [0.2, 0.25) is 10.0 Å². The van der Waals surface area contributed by atoms with Crippen molar-refractivity contribution in [1.82, 2.24) is 4.72 Å². The molecule has 0 saturated heterocycles. The van der Waals surface area contributed by atoms with E-state index in [0.717, 1.165) is 0 Å². The minimum absolute atomic E-state index is 0.00129. The van der Waals surface area contributed by atoms with Crippen LogP contribution >= 0.6 is 23.2 Å². The first-order valence-corrected chi connectivity index (χ1v) is 7.74. The maximum absolute atomic E-state index is 12.1. The van der Waals surface area contributed by atoms with Gasteiger partial charge in [-0.3, -0.25) is 0 Å². The Kier molecular flexibility index (Phi) is 4.59. The molecule has 1 heterocycles. The SMILES string of the molecule is COc1ccc(S(=O)(=O)NCc2ccc(Cl)o2)cc1Cl. The summed E-state index contributed by atoms with van der Waals surface area (Å²) < 4.78 is 36.6. The van der Waals surface area contributed by atoms with Crippen molar-refractivity contribution in [1.29, 1.82) is 0 Å². The van der Waals surface area contributed by atoms with E-state index >= 15 is 0 Å². The van der Waals surface area contributed by atoms with E-state index in [1.807, 2.05) is 0 Å². The fourth-order valence-electron chi connectivity index (χ4n) is 1.51. The molecule has 0 bridgehead atoms. The number of sulfonamides is 1. The Labute approximate surface area is 126 Å². The van der Waals surface area contributed by atoms with Crippen LogP contribution in [0.3, 0.4) is 0 Å². The summed E-state index contributed by atoms with van der Waals surface area (Å²) in [5.74, 6) is 0.821. The largest absolute Gasteiger partial charge is 0.495 e. The number of furan rings is 1. The lowest BCUT2D eigenvalue weighted by Gasteiger charge is -2.08. The molecule has 0 atom stereocenters. The molecule has 108 valence electrons. The van der Waals surface area contributed by atoms with Gasteiger partial charge in [-0.05, 0) is 41.9 Å². The van der Waals surface area contributed by atoms with Gasteiger partial charge in [0.1, 0.15) is 11.5 Å². The normalized spacial score (nSPS) is 11.6. The standard InChI is InChI=1S/C12H11Cl2NO4S/c1-18-11-4-3-9(6-10(11)13)20(16,17)15-7-8-2-5-12(14)19-8/h2-6,15H,7H2,1H3. The van der Waals surface area contributed by atoms with Crippen molar-refractivity contribution in [3.05, 3.63) is 46.3 Å². The fourth-order valence-corrected chi connectivity index (χ4v) is 3.01. The molecule has 1 aromatic heterocycles. The Bertz CT molecular complexity index is 712. The molecule has 0 aliphatic rings. The Hall–Kier alpha value is -1.21. The summed E-state index contributed by atoms with van der Waals surface area (Å²) in [4.78, 5) is 0.0425. The molecule has 0 fully saturated rings. The lowest BCUT2D eigenvalue weighted by Crippen LogP contribution is -2.23. The highest BCUT2D eigenvalue weighted by molar-refractivity contribution is 7.89. The second-order valence-electron chi connectivity index (χ2n) is 3.83. The number of ether oxygens (including phenoxy) is 1. The number of nitrogens with one attached hydrogen (secondary N) is 1. The number of benzene rings is 1. The Morgan fingerprint density at radius 3 is 2.55 bits per heavy atom. The second kappa shape index (κ2) is 6.05. The van der Waals surface area contributed by atoms with Crippen molar-refractivity contribution in [2.24, 2.45) is 0 Å². The molecule has 2 aromatic rings. The lowest BCUT2D eigenvalue weighted by molar-refractivity contribution is 0.414. The number of methoxy groups -OCH3 is 1. The highest BCUT2D eigenvalue weighted by Gasteiger charge is 2.16. The summed E-state index contributed by atoms with van der Waals surface area (Å²) >= 11 is 11.5. The predicted octanol–water partition coefficient (Wildman–Crippen LogP) is 3.07. The molecule has 0 radical (unpaired) electrons. The topological polar surface area (TPSA) is 68.5 Å². The van der Waals surface area contributed by atoms with Gasteiger partial charge in [-0.1, -0.05) is 11.6 Å². The number of halogens is 2. The highest BCUT2D eigenvalue weighted by Crippen LogP contribution is 2.27. The average molecular weight is 336 g/mol. The minimum Gasteiger partial charge on any atom is -0.495 e. The van der Waals surface area contributed by atoms with Crippen molar-refractivity contribution in [2.75, 3.05) is 7.11 Å². The predicted molar refractivity (Wildman–Crippen MR) is 75.7 cm³/mol. The first-order valence-electron chi connectivity index (χ1n) is 5.50. The van der Waals surface area contributed by atoms with E-state index in [2.05, 4.69) is 4.72 Å². The van der Waals surface area contributed by atoms with E-state index in [9.17, 15) is 8.42 Å². The molecule has 0 saturated carbocycles. The molecule has 0 aliphatic carbocycles. The van der Waals surface area contributed by atoms with Gasteiger partial charge in [-0.15, -0.1) is 0 Å². The minimum atomic E-state index is -3.69. The molecule has 0 spiro atoms. The van der Waals surface area contributed by atoms with E-state index < -0.39 is 10.0 Å². The van der Waals surface area contributed by atoms with E-state index in [0.29, 0.717) is 11.5 Å². The third kappa shape index (κ3) is 3.46. The Balaban J connectivity index is 2.15. The summed E-state index contributed by atoms with van der Waals surface area (Å²) in [5.41, 5.74) is 0. The third-order valence-electron chi connectivity index (χ3n) is 2.50. The maximum Gasteiger partial charge on any atom is 0.241 e. The summed E-state index contributed by atoms with van der Waals surface area (Å²) in [6.45, 7) is -0.00129. The fraction of sp³-hybridized carbons (Fsp3) is 0.167. The summed E-state index contributed by atoms with van der Waals surface area (Å²) in [5, 5.41) is 0.420. The van der Waals surface area contributed by atoms with Gasteiger partial charge in [0, 0.05) is 0 Å². The molecule has 5 nitrogen and oxygen atoms in total. The van der Waals surface area contributed by atoms with Gasteiger partial charge in [-0.2, -0.15) is 0 Å².